The van der Waals surface area contributed by atoms with Crippen LogP contribution in [0.15, 0.2) is 23.6 Å². The second kappa shape index (κ2) is 8.89. The topological polar surface area (TPSA) is 34.6 Å². The van der Waals surface area contributed by atoms with Crippen LogP contribution in [0, 0.1) is 0 Å². The Morgan fingerprint density at radius 1 is 1.09 bits per heavy atom. The van der Waals surface area contributed by atoms with Crippen molar-refractivity contribution in [1.29, 1.82) is 0 Å². The van der Waals surface area contributed by atoms with Gasteiger partial charge in [-0.25, -0.2) is 4.98 Å². The van der Waals surface area contributed by atoms with Crippen LogP contribution < -0.4 is 9.47 Å². The highest BCUT2D eigenvalue weighted by Crippen LogP contribution is 2.28. The molecule has 2 rings (SSSR count). The van der Waals surface area contributed by atoms with E-state index in [1.54, 1.807) is 25.6 Å². The first-order valence-electron chi connectivity index (χ1n) is 8.06. The maximum atomic E-state index is 5.39. The van der Waals surface area contributed by atoms with Crippen molar-refractivity contribution in [2.75, 3.05) is 20.8 Å². The highest BCUT2D eigenvalue weighted by molar-refractivity contribution is 7.09. The lowest BCUT2D eigenvalue weighted by atomic mass is 10.2. The normalized spacial score (nSPS) is 11.0. The Morgan fingerprint density at radius 3 is 2.52 bits per heavy atom. The van der Waals surface area contributed by atoms with Crippen molar-refractivity contribution < 1.29 is 9.47 Å². The summed E-state index contributed by atoms with van der Waals surface area (Å²) in [6.45, 7) is 7.11. The highest BCUT2D eigenvalue weighted by Gasteiger charge is 2.10. The fourth-order valence-electron chi connectivity index (χ4n) is 2.50. The molecule has 0 aliphatic carbocycles. The van der Waals surface area contributed by atoms with Gasteiger partial charge < -0.3 is 9.47 Å². The monoisotopic (exact) mass is 334 g/mol. The van der Waals surface area contributed by atoms with E-state index in [1.165, 1.54) is 16.3 Å². The molecule has 5 heteroatoms. The molecule has 0 unspecified atom stereocenters. The van der Waals surface area contributed by atoms with Crippen molar-refractivity contribution in [2.45, 2.75) is 39.8 Å². The van der Waals surface area contributed by atoms with Crippen LogP contribution in [0.5, 0.6) is 11.5 Å². The first kappa shape index (κ1) is 17.8. The van der Waals surface area contributed by atoms with E-state index in [4.69, 9.17) is 14.5 Å². The molecular formula is C18H26N2O2S. The van der Waals surface area contributed by atoms with E-state index in [9.17, 15) is 0 Å². The highest BCUT2D eigenvalue weighted by atomic mass is 32.1. The van der Waals surface area contributed by atoms with Crippen LogP contribution in [0.25, 0.3) is 0 Å². The molecule has 0 N–H and O–H groups in total. The minimum absolute atomic E-state index is 0.767. The van der Waals surface area contributed by atoms with Crippen molar-refractivity contribution in [3.8, 4) is 11.5 Å². The molecule has 0 spiro atoms. The molecule has 1 aromatic carbocycles. The van der Waals surface area contributed by atoms with Gasteiger partial charge in [0.05, 0.1) is 24.9 Å². The number of benzene rings is 1. The van der Waals surface area contributed by atoms with E-state index in [-0.39, 0.29) is 0 Å². The van der Waals surface area contributed by atoms with Crippen LogP contribution in [0.3, 0.4) is 0 Å². The molecule has 0 amide bonds. The molecule has 0 bridgehead atoms. The van der Waals surface area contributed by atoms with Crippen LogP contribution in [-0.2, 0) is 19.5 Å². The van der Waals surface area contributed by atoms with Gasteiger partial charge in [0.15, 0.2) is 11.5 Å². The zero-order valence-electron chi connectivity index (χ0n) is 14.5. The Labute approximate surface area is 143 Å². The number of rotatable bonds is 9. The lowest BCUT2D eigenvalue weighted by Crippen LogP contribution is -2.22. The summed E-state index contributed by atoms with van der Waals surface area (Å²) in [6.07, 6.45) is 2.22. The number of nitrogens with zero attached hydrogens (tertiary/aromatic N) is 2. The van der Waals surface area contributed by atoms with Crippen molar-refractivity contribution in [3.63, 3.8) is 0 Å². The molecule has 0 saturated carbocycles. The summed E-state index contributed by atoms with van der Waals surface area (Å²) in [5.41, 5.74) is 2.38. The third-order valence-corrected chi connectivity index (χ3v) is 4.71. The predicted molar refractivity (Wildman–Crippen MR) is 95.4 cm³/mol. The average molecular weight is 334 g/mol. The Hall–Kier alpha value is -1.59. The van der Waals surface area contributed by atoms with Gasteiger partial charge in [-0.1, -0.05) is 19.9 Å². The fourth-order valence-corrected chi connectivity index (χ4v) is 3.39. The minimum atomic E-state index is 0.767. The predicted octanol–water partition coefficient (Wildman–Crippen LogP) is 4.13. The number of hydrogen-bond acceptors (Lipinski definition) is 5. The van der Waals surface area contributed by atoms with Gasteiger partial charge in [-0.3, -0.25) is 4.90 Å². The number of aromatic nitrogens is 1. The molecule has 0 radical (unpaired) electrons. The third-order valence-electron chi connectivity index (χ3n) is 3.75. The summed E-state index contributed by atoms with van der Waals surface area (Å²) >= 11 is 1.77. The van der Waals surface area contributed by atoms with E-state index < -0.39 is 0 Å². The van der Waals surface area contributed by atoms with E-state index >= 15 is 0 Å². The summed E-state index contributed by atoms with van der Waals surface area (Å²) in [5, 5.41) is 3.42. The van der Waals surface area contributed by atoms with Gasteiger partial charge >= 0.3 is 0 Å². The SMILES string of the molecule is CCCc1nc(CN(CC)Cc2ccc(OC)c(OC)c2)cs1. The van der Waals surface area contributed by atoms with Gasteiger partial charge in [0.25, 0.3) is 0 Å². The first-order chi connectivity index (χ1) is 11.2. The van der Waals surface area contributed by atoms with E-state index in [1.807, 2.05) is 12.1 Å². The summed E-state index contributed by atoms with van der Waals surface area (Å²) < 4.78 is 10.7. The Kier molecular flexibility index (Phi) is 6.86. The van der Waals surface area contributed by atoms with Gasteiger partial charge in [0, 0.05) is 18.5 Å². The minimum Gasteiger partial charge on any atom is -0.493 e. The number of ether oxygens (including phenoxy) is 2. The summed E-state index contributed by atoms with van der Waals surface area (Å²) in [4.78, 5) is 7.10. The zero-order chi connectivity index (χ0) is 16.7. The van der Waals surface area contributed by atoms with Crippen LogP contribution in [0.1, 0.15) is 36.5 Å². The Balaban J connectivity index is 2.03. The summed E-state index contributed by atoms with van der Waals surface area (Å²) in [5.74, 6) is 1.54. The summed E-state index contributed by atoms with van der Waals surface area (Å²) in [7, 11) is 3.33. The van der Waals surface area contributed by atoms with Gasteiger partial charge in [0.1, 0.15) is 0 Å². The summed E-state index contributed by atoms with van der Waals surface area (Å²) in [6, 6.07) is 6.10. The molecule has 2 aromatic rings. The first-order valence-corrected chi connectivity index (χ1v) is 8.94. The lowest BCUT2D eigenvalue weighted by molar-refractivity contribution is 0.267. The molecule has 0 fully saturated rings. The average Bonchev–Trinajstić information content (AvgIpc) is 3.01. The molecule has 0 aliphatic rings. The van der Waals surface area contributed by atoms with Crippen LogP contribution in [0.2, 0.25) is 0 Å². The maximum Gasteiger partial charge on any atom is 0.161 e. The second-order valence-corrected chi connectivity index (χ2v) is 6.42. The molecular weight excluding hydrogens is 308 g/mol. The Morgan fingerprint density at radius 2 is 1.87 bits per heavy atom. The Bertz CT molecular complexity index is 613. The molecule has 1 aromatic heterocycles. The molecule has 23 heavy (non-hydrogen) atoms. The standard InChI is InChI=1S/C18H26N2O2S/c1-5-7-18-19-15(13-23-18)12-20(6-2)11-14-8-9-16(21-3)17(10-14)22-4/h8-10,13H,5-7,11-12H2,1-4H3. The molecule has 0 saturated heterocycles. The van der Waals surface area contributed by atoms with Crippen LogP contribution >= 0.6 is 11.3 Å². The van der Waals surface area contributed by atoms with Gasteiger partial charge in [0.2, 0.25) is 0 Å². The number of methoxy groups -OCH3 is 2. The third kappa shape index (κ3) is 4.94. The molecule has 0 atom stereocenters. The largest absolute Gasteiger partial charge is 0.493 e. The van der Waals surface area contributed by atoms with E-state index in [0.29, 0.717) is 0 Å². The second-order valence-electron chi connectivity index (χ2n) is 5.48. The molecule has 0 aliphatic heterocycles. The number of aryl methyl sites for hydroxylation is 1. The van der Waals surface area contributed by atoms with Gasteiger partial charge in [-0.05, 0) is 37.1 Å². The van der Waals surface area contributed by atoms with Gasteiger partial charge in [-0.15, -0.1) is 11.3 Å². The fraction of sp³-hybridized carbons (Fsp3) is 0.500. The van der Waals surface area contributed by atoms with Crippen molar-refractivity contribution in [2.24, 2.45) is 0 Å². The number of hydrogen-bond donors (Lipinski definition) is 0. The van der Waals surface area contributed by atoms with Crippen molar-refractivity contribution in [1.82, 2.24) is 9.88 Å². The molecule has 126 valence electrons. The quantitative estimate of drug-likeness (QED) is 0.690. The van der Waals surface area contributed by atoms with Crippen LogP contribution in [-0.4, -0.2) is 30.6 Å². The number of thiazole rings is 1. The lowest BCUT2D eigenvalue weighted by Gasteiger charge is -2.20. The molecule has 1 heterocycles. The van der Waals surface area contributed by atoms with Crippen molar-refractivity contribution >= 4 is 11.3 Å². The molecule has 4 nitrogen and oxygen atoms in total. The van der Waals surface area contributed by atoms with Crippen LogP contribution in [0.4, 0.5) is 0 Å². The smallest absolute Gasteiger partial charge is 0.161 e. The van der Waals surface area contributed by atoms with E-state index in [2.05, 4.69) is 30.2 Å². The maximum absolute atomic E-state index is 5.39. The zero-order valence-corrected chi connectivity index (χ0v) is 15.3. The van der Waals surface area contributed by atoms with Crippen molar-refractivity contribution in [3.05, 3.63) is 39.8 Å². The van der Waals surface area contributed by atoms with Gasteiger partial charge in [-0.2, -0.15) is 0 Å². The van der Waals surface area contributed by atoms with E-state index in [0.717, 1.165) is 44.0 Å².